The fourth-order valence-electron chi connectivity index (χ4n) is 1.62. The maximum Gasteiger partial charge on any atom is 0.288 e. The highest BCUT2D eigenvalue weighted by atomic mass is 35.5. The second-order valence-corrected chi connectivity index (χ2v) is 4.31. The Hall–Kier alpha value is -1.17. The first kappa shape index (κ1) is 14.9. The normalized spacial score (nSPS) is 10.9. The molecule has 18 heavy (non-hydrogen) atoms. The number of hydrogen-bond donors (Lipinski definition) is 0. The van der Waals surface area contributed by atoms with Gasteiger partial charge >= 0.3 is 0 Å². The predicted molar refractivity (Wildman–Crippen MR) is 70.9 cm³/mol. The molecule has 0 unspecified atom stereocenters. The lowest BCUT2D eigenvalue weighted by atomic mass is 10.2. The molecule has 1 aromatic carbocycles. The van der Waals surface area contributed by atoms with E-state index in [0.717, 1.165) is 18.7 Å². The highest BCUT2D eigenvalue weighted by Gasteiger charge is 2.13. The van der Waals surface area contributed by atoms with Crippen molar-refractivity contribution >= 4 is 17.3 Å². The Labute approximate surface area is 111 Å². The molecule has 0 heterocycles. The van der Waals surface area contributed by atoms with E-state index in [1.807, 2.05) is 13.0 Å². The van der Waals surface area contributed by atoms with Crippen LogP contribution in [0.5, 0.6) is 0 Å². The van der Waals surface area contributed by atoms with Crippen LogP contribution in [0, 0.1) is 10.1 Å². The summed E-state index contributed by atoms with van der Waals surface area (Å²) in [5.74, 6) is 0. The summed E-state index contributed by atoms with van der Waals surface area (Å²) in [5.41, 5.74) is 0.834. The minimum Gasteiger partial charge on any atom is -0.383 e. The van der Waals surface area contributed by atoms with Crippen LogP contribution in [0.15, 0.2) is 18.2 Å². The van der Waals surface area contributed by atoms with E-state index in [1.165, 1.54) is 6.07 Å². The smallest absolute Gasteiger partial charge is 0.288 e. The number of benzene rings is 1. The molecular weight excluding hydrogens is 256 g/mol. The van der Waals surface area contributed by atoms with Crippen molar-refractivity contribution in [1.29, 1.82) is 0 Å². The summed E-state index contributed by atoms with van der Waals surface area (Å²) in [4.78, 5) is 12.5. The molecule has 0 bridgehead atoms. The highest BCUT2D eigenvalue weighted by Crippen LogP contribution is 2.25. The molecule has 0 atom stereocenters. The maximum atomic E-state index is 10.8. The van der Waals surface area contributed by atoms with Gasteiger partial charge in [0.2, 0.25) is 0 Å². The quantitative estimate of drug-likeness (QED) is 0.566. The topological polar surface area (TPSA) is 55.6 Å². The minimum absolute atomic E-state index is 0.0445. The van der Waals surface area contributed by atoms with Crippen molar-refractivity contribution in [3.05, 3.63) is 38.9 Å². The van der Waals surface area contributed by atoms with Gasteiger partial charge in [-0.15, -0.1) is 0 Å². The van der Waals surface area contributed by atoms with Crippen LogP contribution >= 0.6 is 11.6 Å². The molecule has 0 spiro atoms. The third kappa shape index (κ3) is 4.25. The van der Waals surface area contributed by atoms with Crippen LogP contribution in [0.2, 0.25) is 5.02 Å². The van der Waals surface area contributed by atoms with Crippen molar-refractivity contribution in [1.82, 2.24) is 4.90 Å². The molecule has 0 aliphatic heterocycles. The van der Waals surface area contributed by atoms with E-state index in [0.29, 0.717) is 13.2 Å². The molecule has 0 amide bonds. The monoisotopic (exact) mass is 272 g/mol. The Morgan fingerprint density at radius 2 is 2.22 bits per heavy atom. The molecular formula is C12H17ClN2O3. The summed E-state index contributed by atoms with van der Waals surface area (Å²) in [6.45, 7) is 4.99. The van der Waals surface area contributed by atoms with E-state index in [9.17, 15) is 10.1 Å². The summed E-state index contributed by atoms with van der Waals surface area (Å²) in [7, 11) is 1.65. The number of likely N-dealkylation sites (N-methyl/N-ethyl adjacent to an activating group) is 1. The van der Waals surface area contributed by atoms with Crippen LogP contribution in [-0.2, 0) is 11.3 Å². The van der Waals surface area contributed by atoms with Gasteiger partial charge < -0.3 is 4.74 Å². The van der Waals surface area contributed by atoms with Crippen molar-refractivity contribution < 1.29 is 9.66 Å². The zero-order valence-corrected chi connectivity index (χ0v) is 11.3. The number of methoxy groups -OCH3 is 1. The largest absolute Gasteiger partial charge is 0.383 e. The molecule has 0 aliphatic rings. The second-order valence-electron chi connectivity index (χ2n) is 3.90. The average Bonchev–Trinajstić information content (AvgIpc) is 2.36. The first-order chi connectivity index (χ1) is 8.58. The van der Waals surface area contributed by atoms with Crippen molar-refractivity contribution in [2.24, 2.45) is 0 Å². The van der Waals surface area contributed by atoms with Gasteiger partial charge in [0.05, 0.1) is 11.5 Å². The Bertz CT molecular complexity index is 412. The van der Waals surface area contributed by atoms with Gasteiger partial charge in [-0.1, -0.05) is 24.6 Å². The molecule has 0 saturated heterocycles. The van der Waals surface area contributed by atoms with Gasteiger partial charge in [0.15, 0.2) is 0 Å². The van der Waals surface area contributed by atoms with Crippen LogP contribution < -0.4 is 0 Å². The van der Waals surface area contributed by atoms with E-state index in [4.69, 9.17) is 16.3 Å². The van der Waals surface area contributed by atoms with E-state index in [2.05, 4.69) is 4.90 Å². The van der Waals surface area contributed by atoms with Gasteiger partial charge in [0, 0.05) is 26.3 Å². The summed E-state index contributed by atoms with van der Waals surface area (Å²) >= 11 is 5.77. The molecule has 0 saturated carbocycles. The van der Waals surface area contributed by atoms with E-state index < -0.39 is 4.92 Å². The summed E-state index contributed by atoms with van der Waals surface area (Å²) < 4.78 is 5.02. The number of nitrogens with zero attached hydrogens (tertiary/aromatic N) is 2. The molecule has 0 fully saturated rings. The number of hydrogen-bond acceptors (Lipinski definition) is 4. The molecule has 1 rings (SSSR count). The first-order valence-corrected chi connectivity index (χ1v) is 6.10. The first-order valence-electron chi connectivity index (χ1n) is 5.72. The van der Waals surface area contributed by atoms with Crippen molar-refractivity contribution in [2.75, 3.05) is 26.8 Å². The van der Waals surface area contributed by atoms with Gasteiger partial charge in [-0.3, -0.25) is 15.0 Å². The number of nitro groups is 1. The van der Waals surface area contributed by atoms with Gasteiger partial charge in [-0.05, 0) is 18.2 Å². The van der Waals surface area contributed by atoms with Gasteiger partial charge in [-0.2, -0.15) is 0 Å². The maximum absolute atomic E-state index is 10.8. The summed E-state index contributed by atoms with van der Waals surface area (Å²) in [6, 6.07) is 4.90. The van der Waals surface area contributed by atoms with E-state index >= 15 is 0 Å². The van der Waals surface area contributed by atoms with Gasteiger partial charge in [-0.25, -0.2) is 0 Å². The van der Waals surface area contributed by atoms with Crippen LogP contribution in [-0.4, -0.2) is 36.6 Å². The Kier molecular flexibility index (Phi) is 6.04. The van der Waals surface area contributed by atoms with Crippen molar-refractivity contribution in [3.63, 3.8) is 0 Å². The molecule has 100 valence electrons. The second kappa shape index (κ2) is 7.31. The zero-order valence-electron chi connectivity index (χ0n) is 10.6. The lowest BCUT2D eigenvalue weighted by Gasteiger charge is -2.19. The number of rotatable bonds is 7. The minimum atomic E-state index is -0.461. The van der Waals surface area contributed by atoms with Gasteiger partial charge in [0.1, 0.15) is 5.02 Å². The number of halogens is 1. The van der Waals surface area contributed by atoms with Crippen LogP contribution in [0.3, 0.4) is 0 Å². The summed E-state index contributed by atoms with van der Waals surface area (Å²) in [6.07, 6.45) is 0. The fourth-order valence-corrected chi connectivity index (χ4v) is 1.81. The van der Waals surface area contributed by atoms with E-state index in [-0.39, 0.29) is 10.7 Å². The lowest BCUT2D eigenvalue weighted by Crippen LogP contribution is -2.26. The fraction of sp³-hybridized carbons (Fsp3) is 0.500. The Morgan fingerprint density at radius 3 is 2.78 bits per heavy atom. The predicted octanol–water partition coefficient (Wildman–Crippen LogP) is 2.72. The molecule has 0 radical (unpaired) electrons. The van der Waals surface area contributed by atoms with Crippen molar-refractivity contribution in [3.8, 4) is 0 Å². The molecule has 1 aromatic rings. The third-order valence-corrected chi connectivity index (χ3v) is 2.99. The van der Waals surface area contributed by atoms with Crippen molar-refractivity contribution in [2.45, 2.75) is 13.5 Å². The van der Waals surface area contributed by atoms with Crippen LogP contribution in [0.4, 0.5) is 5.69 Å². The highest BCUT2D eigenvalue weighted by molar-refractivity contribution is 6.32. The summed E-state index contributed by atoms with van der Waals surface area (Å²) in [5, 5.41) is 11.0. The Balaban J connectivity index is 2.77. The SMILES string of the molecule is CCN(CCOC)Cc1ccc(Cl)c([N+](=O)[O-])c1. The molecule has 5 nitrogen and oxygen atoms in total. The third-order valence-electron chi connectivity index (χ3n) is 2.67. The Morgan fingerprint density at radius 1 is 1.50 bits per heavy atom. The molecule has 0 aliphatic carbocycles. The number of ether oxygens (including phenoxy) is 1. The standard InChI is InChI=1S/C12H17ClN2O3/c1-3-14(6-7-18-2)9-10-4-5-11(13)12(8-10)15(16)17/h4-5,8H,3,6-7,9H2,1-2H3. The molecule has 6 heteroatoms. The number of nitro benzene ring substituents is 1. The van der Waals surface area contributed by atoms with E-state index in [1.54, 1.807) is 13.2 Å². The van der Waals surface area contributed by atoms with Crippen LogP contribution in [0.1, 0.15) is 12.5 Å². The van der Waals surface area contributed by atoms with Gasteiger partial charge in [0.25, 0.3) is 5.69 Å². The zero-order chi connectivity index (χ0) is 13.5. The molecule has 0 N–H and O–H groups in total. The average molecular weight is 273 g/mol. The lowest BCUT2D eigenvalue weighted by molar-refractivity contribution is -0.384. The molecule has 0 aromatic heterocycles. The van der Waals surface area contributed by atoms with Crippen LogP contribution in [0.25, 0.3) is 0 Å².